The zero-order valence-corrected chi connectivity index (χ0v) is 14.8. The number of piperidine rings is 1. The summed E-state index contributed by atoms with van der Waals surface area (Å²) in [6.45, 7) is 7.75. The summed E-state index contributed by atoms with van der Waals surface area (Å²) >= 11 is 0.462. The van der Waals surface area contributed by atoms with Crippen LogP contribution >= 0.6 is 11.3 Å². The van der Waals surface area contributed by atoms with Gasteiger partial charge in [-0.15, -0.1) is 10.2 Å². The summed E-state index contributed by atoms with van der Waals surface area (Å²) in [6, 6.07) is -0.438. The number of hydrogen-bond donors (Lipinski definition) is 1. The fourth-order valence-corrected chi connectivity index (χ4v) is 3.14. The van der Waals surface area contributed by atoms with Crippen LogP contribution < -0.4 is 5.32 Å². The molecule has 6 nitrogen and oxygen atoms in total. The molecular weight excluding hydrogens is 345 g/mol. The second-order valence-electron chi connectivity index (χ2n) is 6.72. The fraction of sp³-hybridized carbons (Fsp3) is 0.786. The summed E-state index contributed by atoms with van der Waals surface area (Å²) in [5, 5.41) is 8.78. The highest BCUT2D eigenvalue weighted by atomic mass is 32.1. The molecule has 0 radical (unpaired) electrons. The summed E-state index contributed by atoms with van der Waals surface area (Å²) < 4.78 is 43.2. The summed E-state index contributed by atoms with van der Waals surface area (Å²) in [5.41, 5.74) is -0.599. The predicted molar refractivity (Wildman–Crippen MR) is 84.0 cm³/mol. The van der Waals surface area contributed by atoms with E-state index in [2.05, 4.69) is 15.5 Å². The molecule has 136 valence electrons. The highest BCUT2D eigenvalue weighted by Crippen LogP contribution is 2.34. The maximum atomic E-state index is 12.6. The molecule has 1 N–H and O–H groups in total. The van der Waals surface area contributed by atoms with E-state index in [0.717, 1.165) is 12.8 Å². The average Bonchev–Trinajstić information content (AvgIpc) is 2.87. The molecule has 0 aromatic carbocycles. The molecule has 2 unspecified atom stereocenters. The zero-order valence-electron chi connectivity index (χ0n) is 14.0. The molecule has 1 aliphatic rings. The molecule has 2 atom stereocenters. The Morgan fingerprint density at radius 1 is 1.33 bits per heavy atom. The van der Waals surface area contributed by atoms with Gasteiger partial charge >= 0.3 is 12.3 Å². The Kier molecular flexibility index (Phi) is 5.26. The first-order chi connectivity index (χ1) is 11.0. The molecule has 1 aliphatic heterocycles. The SMILES string of the molecule is CC1C(Nc2nnc(C(F)(F)F)s2)CCCN1C(=O)OC(C)(C)C. The van der Waals surface area contributed by atoms with Crippen LogP contribution in [0.25, 0.3) is 0 Å². The van der Waals surface area contributed by atoms with Gasteiger partial charge in [-0.3, -0.25) is 0 Å². The van der Waals surface area contributed by atoms with Gasteiger partial charge in [0, 0.05) is 12.6 Å². The van der Waals surface area contributed by atoms with Crippen molar-refractivity contribution in [3.05, 3.63) is 5.01 Å². The minimum Gasteiger partial charge on any atom is -0.444 e. The van der Waals surface area contributed by atoms with Crippen LogP contribution in [-0.2, 0) is 10.9 Å². The van der Waals surface area contributed by atoms with E-state index in [-0.39, 0.29) is 17.2 Å². The molecule has 0 spiro atoms. The Labute approximate surface area is 142 Å². The number of amides is 1. The Morgan fingerprint density at radius 3 is 2.54 bits per heavy atom. The molecular formula is C14H21F3N4O2S. The van der Waals surface area contributed by atoms with Gasteiger partial charge in [0.05, 0.1) is 6.04 Å². The number of alkyl halides is 3. The lowest BCUT2D eigenvalue weighted by molar-refractivity contribution is -0.138. The molecule has 0 aliphatic carbocycles. The number of halogens is 3. The summed E-state index contributed by atoms with van der Waals surface area (Å²) in [5.74, 6) is 0. The summed E-state index contributed by atoms with van der Waals surface area (Å²) in [7, 11) is 0. The van der Waals surface area contributed by atoms with Crippen molar-refractivity contribution in [2.75, 3.05) is 11.9 Å². The van der Waals surface area contributed by atoms with E-state index in [4.69, 9.17) is 4.74 Å². The van der Waals surface area contributed by atoms with Crippen LogP contribution in [0.4, 0.5) is 23.1 Å². The molecule has 24 heavy (non-hydrogen) atoms. The van der Waals surface area contributed by atoms with Crippen LogP contribution in [0.5, 0.6) is 0 Å². The Bertz CT molecular complexity index is 585. The predicted octanol–water partition coefficient (Wildman–Crippen LogP) is 3.76. The van der Waals surface area contributed by atoms with Crippen molar-refractivity contribution in [1.82, 2.24) is 15.1 Å². The molecule has 1 aromatic rings. The van der Waals surface area contributed by atoms with Crippen molar-refractivity contribution in [3.8, 4) is 0 Å². The molecule has 2 heterocycles. The normalized spacial score (nSPS) is 22.4. The molecule has 0 bridgehead atoms. The van der Waals surface area contributed by atoms with Gasteiger partial charge in [-0.1, -0.05) is 11.3 Å². The topological polar surface area (TPSA) is 67.4 Å². The van der Waals surface area contributed by atoms with Crippen molar-refractivity contribution < 1.29 is 22.7 Å². The van der Waals surface area contributed by atoms with Crippen LogP contribution in [0, 0.1) is 0 Å². The third-order valence-corrected chi connectivity index (χ3v) is 4.49. The van der Waals surface area contributed by atoms with E-state index in [1.165, 1.54) is 0 Å². The van der Waals surface area contributed by atoms with Crippen molar-refractivity contribution >= 4 is 22.6 Å². The van der Waals surface area contributed by atoms with Gasteiger partial charge in [-0.25, -0.2) is 4.79 Å². The zero-order chi connectivity index (χ0) is 18.1. The van der Waals surface area contributed by atoms with Crippen LogP contribution in [0.15, 0.2) is 0 Å². The Morgan fingerprint density at radius 2 is 2.00 bits per heavy atom. The monoisotopic (exact) mass is 366 g/mol. The number of rotatable bonds is 2. The fourth-order valence-electron chi connectivity index (χ4n) is 2.47. The van der Waals surface area contributed by atoms with Gasteiger partial charge in [0.2, 0.25) is 10.1 Å². The van der Waals surface area contributed by atoms with E-state index < -0.39 is 22.9 Å². The number of likely N-dealkylation sites (tertiary alicyclic amines) is 1. The second kappa shape index (κ2) is 6.73. The van der Waals surface area contributed by atoms with Crippen molar-refractivity contribution in [2.24, 2.45) is 0 Å². The second-order valence-corrected chi connectivity index (χ2v) is 7.70. The van der Waals surface area contributed by atoms with Gasteiger partial charge < -0.3 is 15.0 Å². The van der Waals surface area contributed by atoms with Crippen LogP contribution in [-0.4, -0.2) is 45.4 Å². The lowest BCUT2D eigenvalue weighted by atomic mass is 9.98. The number of ether oxygens (including phenoxy) is 1. The van der Waals surface area contributed by atoms with Gasteiger partial charge in [0.1, 0.15) is 5.60 Å². The average molecular weight is 366 g/mol. The van der Waals surface area contributed by atoms with Crippen molar-refractivity contribution in [3.63, 3.8) is 0 Å². The largest absolute Gasteiger partial charge is 0.445 e. The van der Waals surface area contributed by atoms with Crippen molar-refractivity contribution in [2.45, 2.75) is 64.4 Å². The van der Waals surface area contributed by atoms with Crippen LogP contribution in [0.2, 0.25) is 0 Å². The molecule has 1 amide bonds. The van der Waals surface area contributed by atoms with Crippen molar-refractivity contribution in [1.29, 1.82) is 0 Å². The number of nitrogens with one attached hydrogen (secondary N) is 1. The Balaban J connectivity index is 2.03. The van der Waals surface area contributed by atoms with Gasteiger partial charge in [0.15, 0.2) is 0 Å². The molecule has 10 heteroatoms. The molecule has 1 aromatic heterocycles. The molecule has 2 rings (SSSR count). The highest BCUT2D eigenvalue weighted by Gasteiger charge is 2.37. The van der Waals surface area contributed by atoms with E-state index >= 15 is 0 Å². The van der Waals surface area contributed by atoms with Gasteiger partial charge in [-0.05, 0) is 40.5 Å². The van der Waals surface area contributed by atoms with E-state index in [9.17, 15) is 18.0 Å². The van der Waals surface area contributed by atoms with E-state index in [1.807, 2.05) is 6.92 Å². The number of hydrogen-bond acceptors (Lipinski definition) is 6. The van der Waals surface area contributed by atoms with Crippen LogP contribution in [0.1, 0.15) is 45.5 Å². The number of aromatic nitrogens is 2. The molecule has 0 saturated carbocycles. The van der Waals surface area contributed by atoms with E-state index in [0.29, 0.717) is 17.9 Å². The number of carbonyl (C=O) groups excluding carboxylic acids is 1. The first-order valence-corrected chi connectivity index (χ1v) is 8.46. The lowest BCUT2D eigenvalue weighted by Crippen LogP contribution is -2.53. The minimum atomic E-state index is -4.50. The maximum Gasteiger partial charge on any atom is 0.445 e. The standard InChI is InChI=1S/C14H21F3N4O2S/c1-8-9(18-11-20-19-10(24-11)14(15,16)17)6-5-7-21(8)12(22)23-13(2,3)4/h8-9H,5-7H2,1-4H3,(H,18,20). The molecule has 1 saturated heterocycles. The minimum absolute atomic E-state index is 0.102. The van der Waals surface area contributed by atoms with Gasteiger partial charge in [-0.2, -0.15) is 13.2 Å². The first-order valence-electron chi connectivity index (χ1n) is 7.64. The highest BCUT2D eigenvalue weighted by molar-refractivity contribution is 7.15. The lowest BCUT2D eigenvalue weighted by Gasteiger charge is -2.40. The third-order valence-electron chi connectivity index (χ3n) is 3.59. The number of carbonyl (C=O) groups is 1. The summed E-state index contributed by atoms with van der Waals surface area (Å²) in [4.78, 5) is 13.9. The maximum absolute atomic E-state index is 12.6. The number of anilines is 1. The Hall–Kier alpha value is -1.58. The number of nitrogens with zero attached hydrogens (tertiary/aromatic N) is 3. The smallest absolute Gasteiger partial charge is 0.444 e. The third kappa shape index (κ3) is 4.71. The summed E-state index contributed by atoms with van der Waals surface area (Å²) in [6.07, 6.45) is -3.47. The first kappa shape index (κ1) is 18.8. The molecule has 1 fully saturated rings. The quantitative estimate of drug-likeness (QED) is 0.863. The van der Waals surface area contributed by atoms with Gasteiger partial charge in [0.25, 0.3) is 0 Å². The van der Waals surface area contributed by atoms with Crippen LogP contribution in [0.3, 0.4) is 0 Å². The van der Waals surface area contributed by atoms with E-state index in [1.54, 1.807) is 25.7 Å².